The van der Waals surface area contributed by atoms with Gasteiger partial charge in [0.25, 0.3) is 0 Å². The van der Waals surface area contributed by atoms with Crippen LogP contribution in [0, 0.1) is 0 Å². The smallest absolute Gasteiger partial charge is 0.231 e. The lowest BCUT2D eigenvalue weighted by molar-refractivity contribution is -0.131. The standard InChI is InChI=1S/C23H31N3O4/c1-23(2,3)20-14-24-21(30-20)15-25-9-4-10-26(12-11-25)22(27)8-6-17-5-7-18-19(13-17)29-16-28-18/h5,7,13-14H,4,6,8-12,15-16H2,1-3H3. The summed E-state index contributed by atoms with van der Waals surface area (Å²) in [5.74, 6) is 3.42. The molecule has 0 spiro atoms. The van der Waals surface area contributed by atoms with Crippen molar-refractivity contribution in [2.45, 2.75) is 52.0 Å². The summed E-state index contributed by atoms with van der Waals surface area (Å²) in [5, 5.41) is 0. The van der Waals surface area contributed by atoms with Crippen LogP contribution in [0.3, 0.4) is 0 Å². The lowest BCUT2D eigenvalue weighted by Crippen LogP contribution is -2.35. The molecule has 2 aliphatic heterocycles. The average molecular weight is 414 g/mol. The highest BCUT2D eigenvalue weighted by atomic mass is 16.7. The highest BCUT2D eigenvalue weighted by Crippen LogP contribution is 2.32. The van der Waals surface area contributed by atoms with E-state index in [4.69, 9.17) is 13.9 Å². The van der Waals surface area contributed by atoms with Gasteiger partial charge < -0.3 is 18.8 Å². The molecule has 162 valence electrons. The van der Waals surface area contributed by atoms with Gasteiger partial charge in [0.1, 0.15) is 5.76 Å². The summed E-state index contributed by atoms with van der Waals surface area (Å²) >= 11 is 0. The Kier molecular flexibility index (Phi) is 5.99. The maximum absolute atomic E-state index is 12.8. The van der Waals surface area contributed by atoms with Crippen LogP contribution in [0.2, 0.25) is 0 Å². The molecule has 0 unspecified atom stereocenters. The van der Waals surface area contributed by atoms with E-state index in [-0.39, 0.29) is 18.1 Å². The van der Waals surface area contributed by atoms with E-state index in [0.29, 0.717) is 19.4 Å². The van der Waals surface area contributed by atoms with Gasteiger partial charge in [0.2, 0.25) is 18.6 Å². The predicted molar refractivity (Wildman–Crippen MR) is 113 cm³/mol. The summed E-state index contributed by atoms with van der Waals surface area (Å²) in [5.41, 5.74) is 1.06. The van der Waals surface area contributed by atoms with Crippen molar-refractivity contribution in [1.82, 2.24) is 14.8 Å². The molecule has 2 aliphatic rings. The Morgan fingerprint density at radius 3 is 2.73 bits per heavy atom. The minimum Gasteiger partial charge on any atom is -0.454 e. The van der Waals surface area contributed by atoms with Crippen molar-refractivity contribution < 1.29 is 18.7 Å². The largest absolute Gasteiger partial charge is 0.454 e. The highest BCUT2D eigenvalue weighted by Gasteiger charge is 2.23. The van der Waals surface area contributed by atoms with Crippen LogP contribution in [0.5, 0.6) is 11.5 Å². The topological polar surface area (TPSA) is 68.0 Å². The van der Waals surface area contributed by atoms with Gasteiger partial charge in [-0.25, -0.2) is 4.98 Å². The van der Waals surface area contributed by atoms with Gasteiger partial charge in [0, 0.05) is 38.0 Å². The van der Waals surface area contributed by atoms with E-state index >= 15 is 0 Å². The molecular formula is C23H31N3O4. The second kappa shape index (κ2) is 8.68. The number of rotatable bonds is 5. The third-order valence-electron chi connectivity index (χ3n) is 5.66. The number of carbonyl (C=O) groups is 1. The van der Waals surface area contributed by atoms with E-state index in [2.05, 4.69) is 30.7 Å². The number of aryl methyl sites for hydroxylation is 1. The fourth-order valence-corrected chi connectivity index (χ4v) is 3.81. The Bertz CT molecular complexity index is 887. The maximum atomic E-state index is 12.8. The first-order valence-electron chi connectivity index (χ1n) is 10.7. The highest BCUT2D eigenvalue weighted by molar-refractivity contribution is 5.76. The van der Waals surface area contributed by atoms with Crippen molar-refractivity contribution in [2.75, 3.05) is 33.0 Å². The van der Waals surface area contributed by atoms with Crippen LogP contribution in [0.25, 0.3) is 0 Å². The Hall–Kier alpha value is -2.54. The van der Waals surface area contributed by atoms with Gasteiger partial charge in [0.05, 0.1) is 12.7 Å². The number of nitrogens with zero attached hydrogens (tertiary/aromatic N) is 3. The molecular weight excluding hydrogens is 382 g/mol. The molecule has 3 heterocycles. The minimum atomic E-state index is -0.0365. The van der Waals surface area contributed by atoms with Crippen LogP contribution in [0.1, 0.15) is 50.8 Å². The SMILES string of the molecule is CC(C)(C)c1cnc(CN2CCCN(C(=O)CCc3ccc4c(c3)OCO4)CC2)o1. The number of oxazole rings is 1. The fraction of sp³-hybridized carbons (Fsp3) is 0.565. The van der Waals surface area contributed by atoms with Crippen LogP contribution in [-0.4, -0.2) is 53.7 Å². The summed E-state index contributed by atoms with van der Waals surface area (Å²) in [6.45, 7) is 10.6. The van der Waals surface area contributed by atoms with E-state index < -0.39 is 0 Å². The molecule has 0 N–H and O–H groups in total. The van der Waals surface area contributed by atoms with Crippen molar-refractivity contribution in [3.63, 3.8) is 0 Å². The first-order valence-corrected chi connectivity index (χ1v) is 10.7. The molecule has 1 amide bonds. The molecule has 7 nitrogen and oxygen atoms in total. The van der Waals surface area contributed by atoms with Crippen LogP contribution >= 0.6 is 0 Å². The van der Waals surface area contributed by atoms with Gasteiger partial charge in [0.15, 0.2) is 11.5 Å². The van der Waals surface area contributed by atoms with Gasteiger partial charge in [-0.1, -0.05) is 26.8 Å². The third kappa shape index (κ3) is 4.95. The first kappa shape index (κ1) is 20.7. The van der Waals surface area contributed by atoms with Crippen LogP contribution in [0.15, 0.2) is 28.8 Å². The van der Waals surface area contributed by atoms with Gasteiger partial charge >= 0.3 is 0 Å². The number of aromatic nitrogens is 1. The van der Waals surface area contributed by atoms with E-state index in [1.807, 2.05) is 29.3 Å². The number of fused-ring (bicyclic) bond motifs is 1. The predicted octanol–water partition coefficient (Wildman–Crippen LogP) is 3.37. The van der Waals surface area contributed by atoms with Crippen molar-refractivity contribution in [3.8, 4) is 11.5 Å². The van der Waals surface area contributed by atoms with E-state index in [1.165, 1.54) is 0 Å². The van der Waals surface area contributed by atoms with Gasteiger partial charge in [-0.05, 0) is 30.5 Å². The summed E-state index contributed by atoms with van der Waals surface area (Å²) in [7, 11) is 0. The number of ether oxygens (including phenoxy) is 2. The zero-order valence-electron chi connectivity index (χ0n) is 18.1. The molecule has 0 aliphatic carbocycles. The van der Waals surface area contributed by atoms with Crippen molar-refractivity contribution in [1.29, 1.82) is 0 Å². The van der Waals surface area contributed by atoms with Gasteiger partial charge in [-0.2, -0.15) is 0 Å². The lowest BCUT2D eigenvalue weighted by Gasteiger charge is -2.21. The van der Waals surface area contributed by atoms with Crippen LogP contribution in [-0.2, 0) is 23.2 Å². The maximum Gasteiger partial charge on any atom is 0.231 e. The molecule has 7 heteroatoms. The molecule has 4 rings (SSSR count). The van der Waals surface area contributed by atoms with Gasteiger partial charge in [-0.3, -0.25) is 9.69 Å². The molecule has 0 radical (unpaired) electrons. The molecule has 1 aromatic heterocycles. The van der Waals surface area contributed by atoms with Crippen LogP contribution < -0.4 is 9.47 Å². The Morgan fingerprint density at radius 2 is 1.93 bits per heavy atom. The summed E-state index contributed by atoms with van der Waals surface area (Å²) in [4.78, 5) is 21.5. The molecule has 1 saturated heterocycles. The summed E-state index contributed by atoms with van der Waals surface area (Å²) in [6.07, 6.45) is 4.01. The normalized spacial score (nSPS) is 17.2. The van der Waals surface area contributed by atoms with E-state index in [0.717, 1.165) is 61.3 Å². The number of benzene rings is 1. The fourth-order valence-electron chi connectivity index (χ4n) is 3.81. The minimum absolute atomic E-state index is 0.0365. The van der Waals surface area contributed by atoms with Crippen molar-refractivity contribution >= 4 is 5.91 Å². The zero-order valence-corrected chi connectivity index (χ0v) is 18.1. The quantitative estimate of drug-likeness (QED) is 0.749. The number of carbonyl (C=O) groups excluding carboxylic acids is 1. The van der Waals surface area contributed by atoms with Gasteiger partial charge in [-0.15, -0.1) is 0 Å². The molecule has 30 heavy (non-hydrogen) atoms. The molecule has 0 atom stereocenters. The van der Waals surface area contributed by atoms with Crippen LogP contribution in [0.4, 0.5) is 0 Å². The Morgan fingerprint density at radius 1 is 1.10 bits per heavy atom. The van der Waals surface area contributed by atoms with E-state index in [9.17, 15) is 4.79 Å². The van der Waals surface area contributed by atoms with Crippen molar-refractivity contribution in [2.24, 2.45) is 0 Å². The molecule has 1 aromatic carbocycles. The average Bonchev–Trinajstić information content (AvgIpc) is 3.31. The second-order valence-electron chi connectivity index (χ2n) is 9.07. The summed E-state index contributed by atoms with van der Waals surface area (Å²) in [6, 6.07) is 5.90. The molecule has 0 saturated carbocycles. The lowest BCUT2D eigenvalue weighted by atomic mass is 9.94. The Labute approximate surface area is 178 Å². The monoisotopic (exact) mass is 413 g/mol. The summed E-state index contributed by atoms with van der Waals surface area (Å²) < 4.78 is 16.7. The van der Waals surface area contributed by atoms with E-state index in [1.54, 1.807) is 0 Å². The molecule has 0 bridgehead atoms. The molecule has 1 fully saturated rings. The Balaban J connectivity index is 1.26. The number of amides is 1. The third-order valence-corrected chi connectivity index (χ3v) is 5.66. The second-order valence-corrected chi connectivity index (χ2v) is 9.07. The number of hydrogen-bond donors (Lipinski definition) is 0. The first-order chi connectivity index (χ1) is 14.4. The molecule has 2 aromatic rings. The van der Waals surface area contributed by atoms with Crippen molar-refractivity contribution in [3.05, 3.63) is 41.6 Å². The zero-order chi connectivity index (χ0) is 21.1. The number of hydrogen-bond acceptors (Lipinski definition) is 6.